The number of hydrogen-bond acceptors (Lipinski definition) is 2. The first kappa shape index (κ1) is 14.6. The number of fused-ring (bicyclic) bond motifs is 1. The third-order valence-electron chi connectivity index (χ3n) is 3.37. The third kappa shape index (κ3) is 3.00. The highest BCUT2D eigenvalue weighted by Gasteiger charge is 2.17. The van der Waals surface area contributed by atoms with Crippen LogP contribution in [-0.2, 0) is 11.3 Å². The van der Waals surface area contributed by atoms with E-state index in [0.29, 0.717) is 6.42 Å². The molecule has 0 radical (unpaired) electrons. The molecule has 108 valence electrons. The second-order valence-corrected chi connectivity index (χ2v) is 5.15. The second kappa shape index (κ2) is 6.55. The standard InChI is InChI=1S/C16H23N3O/c1-4-8-15(20)17-12(3)16-18-13-9-6-7-10-14(13)19(16)11-5-2/h6-7,9-10,12H,4-5,8,11H2,1-3H3,(H,17,20)/t12-/m0/s1. The quantitative estimate of drug-likeness (QED) is 0.876. The molecule has 1 aromatic heterocycles. The van der Waals surface area contributed by atoms with Crippen LogP contribution >= 0.6 is 0 Å². The van der Waals surface area contributed by atoms with Crippen LogP contribution in [-0.4, -0.2) is 15.5 Å². The number of aromatic nitrogens is 2. The highest BCUT2D eigenvalue weighted by molar-refractivity contribution is 5.78. The van der Waals surface area contributed by atoms with Gasteiger partial charge in [0.2, 0.25) is 5.91 Å². The van der Waals surface area contributed by atoms with E-state index in [-0.39, 0.29) is 11.9 Å². The van der Waals surface area contributed by atoms with Crippen LogP contribution in [0.5, 0.6) is 0 Å². The third-order valence-corrected chi connectivity index (χ3v) is 3.37. The largest absolute Gasteiger partial charge is 0.346 e. The molecule has 0 aliphatic rings. The van der Waals surface area contributed by atoms with Crippen LogP contribution in [0.25, 0.3) is 11.0 Å². The molecule has 2 aromatic rings. The van der Waals surface area contributed by atoms with Gasteiger partial charge in [-0.05, 0) is 31.9 Å². The Hall–Kier alpha value is -1.84. The summed E-state index contributed by atoms with van der Waals surface area (Å²) in [6.07, 6.45) is 2.48. The molecule has 0 fully saturated rings. The van der Waals surface area contributed by atoms with E-state index in [1.165, 1.54) is 0 Å². The lowest BCUT2D eigenvalue weighted by atomic mass is 10.2. The van der Waals surface area contributed by atoms with E-state index in [0.717, 1.165) is 36.2 Å². The van der Waals surface area contributed by atoms with E-state index >= 15 is 0 Å². The molecule has 20 heavy (non-hydrogen) atoms. The Morgan fingerprint density at radius 2 is 2.05 bits per heavy atom. The van der Waals surface area contributed by atoms with E-state index in [4.69, 9.17) is 4.98 Å². The number of nitrogens with zero attached hydrogens (tertiary/aromatic N) is 2. The molecular weight excluding hydrogens is 250 g/mol. The Bertz CT molecular complexity index is 588. The van der Waals surface area contributed by atoms with Crippen molar-refractivity contribution >= 4 is 16.9 Å². The minimum absolute atomic E-state index is 0.0620. The summed E-state index contributed by atoms with van der Waals surface area (Å²) in [5.41, 5.74) is 2.13. The molecule has 1 N–H and O–H groups in total. The van der Waals surface area contributed by atoms with Gasteiger partial charge in [0, 0.05) is 13.0 Å². The van der Waals surface area contributed by atoms with Crippen LogP contribution in [0.1, 0.15) is 51.9 Å². The average molecular weight is 273 g/mol. The average Bonchev–Trinajstić information content (AvgIpc) is 2.79. The van der Waals surface area contributed by atoms with Crippen molar-refractivity contribution in [1.82, 2.24) is 14.9 Å². The number of carbonyl (C=O) groups excluding carboxylic acids is 1. The molecule has 4 nitrogen and oxygen atoms in total. The summed E-state index contributed by atoms with van der Waals surface area (Å²) in [7, 11) is 0. The second-order valence-electron chi connectivity index (χ2n) is 5.15. The first-order chi connectivity index (χ1) is 9.67. The Morgan fingerprint density at radius 1 is 1.30 bits per heavy atom. The number of hydrogen-bond donors (Lipinski definition) is 1. The maximum absolute atomic E-state index is 11.8. The van der Waals surface area contributed by atoms with E-state index in [2.05, 4.69) is 22.9 Å². The lowest BCUT2D eigenvalue weighted by molar-refractivity contribution is -0.121. The van der Waals surface area contributed by atoms with E-state index in [1.807, 2.05) is 32.0 Å². The number of carbonyl (C=O) groups is 1. The fourth-order valence-electron chi connectivity index (χ4n) is 2.49. The monoisotopic (exact) mass is 273 g/mol. The minimum Gasteiger partial charge on any atom is -0.346 e. The van der Waals surface area contributed by atoms with Crippen molar-refractivity contribution in [1.29, 1.82) is 0 Å². The zero-order chi connectivity index (χ0) is 14.5. The highest BCUT2D eigenvalue weighted by Crippen LogP contribution is 2.21. The number of benzene rings is 1. The van der Waals surface area contributed by atoms with Crippen LogP contribution in [0.15, 0.2) is 24.3 Å². The molecular formula is C16H23N3O. The van der Waals surface area contributed by atoms with Crippen molar-refractivity contribution < 1.29 is 4.79 Å². The van der Waals surface area contributed by atoms with Crippen LogP contribution in [0.4, 0.5) is 0 Å². The summed E-state index contributed by atoms with van der Waals surface area (Å²) in [5, 5.41) is 3.03. The van der Waals surface area contributed by atoms with Crippen LogP contribution in [0.3, 0.4) is 0 Å². The predicted octanol–water partition coefficient (Wildman–Crippen LogP) is 3.42. The Morgan fingerprint density at radius 3 is 2.75 bits per heavy atom. The maximum atomic E-state index is 11.8. The lowest BCUT2D eigenvalue weighted by Gasteiger charge is -2.15. The van der Waals surface area contributed by atoms with Crippen LogP contribution in [0, 0.1) is 0 Å². The molecule has 0 aliphatic heterocycles. The Labute approximate surface area is 120 Å². The topological polar surface area (TPSA) is 46.9 Å². The molecule has 0 aliphatic carbocycles. The molecule has 1 aromatic carbocycles. The van der Waals surface area contributed by atoms with Gasteiger partial charge in [-0.15, -0.1) is 0 Å². The summed E-state index contributed by atoms with van der Waals surface area (Å²) in [4.78, 5) is 16.5. The van der Waals surface area contributed by atoms with Gasteiger partial charge in [-0.2, -0.15) is 0 Å². The molecule has 0 spiro atoms. The van der Waals surface area contributed by atoms with Gasteiger partial charge in [-0.3, -0.25) is 4.79 Å². The van der Waals surface area contributed by atoms with Crippen LogP contribution < -0.4 is 5.32 Å². The first-order valence-corrected chi connectivity index (χ1v) is 7.41. The molecule has 0 bridgehead atoms. The summed E-state index contributed by atoms with van der Waals surface area (Å²) >= 11 is 0. The van der Waals surface area contributed by atoms with Crippen molar-refractivity contribution in [2.45, 2.75) is 52.6 Å². The SMILES string of the molecule is CCCC(=O)N[C@@H](C)c1nc2ccccc2n1CCC. The lowest BCUT2D eigenvalue weighted by Crippen LogP contribution is -2.28. The van der Waals surface area contributed by atoms with Crippen molar-refractivity contribution in [3.63, 3.8) is 0 Å². The number of rotatable bonds is 6. The van der Waals surface area contributed by atoms with Crippen molar-refractivity contribution in [3.8, 4) is 0 Å². The molecule has 1 amide bonds. The number of nitrogens with one attached hydrogen (secondary N) is 1. The van der Waals surface area contributed by atoms with Crippen molar-refractivity contribution in [2.75, 3.05) is 0 Å². The van der Waals surface area contributed by atoms with Gasteiger partial charge in [-0.25, -0.2) is 4.98 Å². The molecule has 0 saturated carbocycles. The Balaban J connectivity index is 2.32. The van der Waals surface area contributed by atoms with Gasteiger partial charge in [0.1, 0.15) is 5.82 Å². The van der Waals surface area contributed by atoms with Crippen LogP contribution in [0.2, 0.25) is 0 Å². The van der Waals surface area contributed by atoms with Gasteiger partial charge < -0.3 is 9.88 Å². The zero-order valence-electron chi connectivity index (χ0n) is 12.5. The van der Waals surface area contributed by atoms with Crippen molar-refractivity contribution in [3.05, 3.63) is 30.1 Å². The minimum atomic E-state index is -0.0620. The first-order valence-electron chi connectivity index (χ1n) is 7.41. The van der Waals surface area contributed by atoms with E-state index in [9.17, 15) is 4.79 Å². The van der Waals surface area contributed by atoms with Gasteiger partial charge in [-0.1, -0.05) is 26.0 Å². The number of para-hydroxylation sites is 2. The highest BCUT2D eigenvalue weighted by atomic mass is 16.1. The molecule has 1 atom stereocenters. The smallest absolute Gasteiger partial charge is 0.220 e. The van der Waals surface area contributed by atoms with Gasteiger partial charge >= 0.3 is 0 Å². The van der Waals surface area contributed by atoms with Crippen molar-refractivity contribution in [2.24, 2.45) is 0 Å². The number of amides is 1. The summed E-state index contributed by atoms with van der Waals surface area (Å²) < 4.78 is 2.21. The molecule has 0 unspecified atom stereocenters. The normalized spacial score (nSPS) is 12.6. The summed E-state index contributed by atoms with van der Waals surface area (Å²) in [6.45, 7) is 7.08. The molecule has 4 heteroatoms. The van der Waals surface area contributed by atoms with Gasteiger partial charge in [0.05, 0.1) is 17.1 Å². The fourth-order valence-corrected chi connectivity index (χ4v) is 2.49. The molecule has 0 saturated heterocycles. The number of aryl methyl sites for hydroxylation is 1. The fraction of sp³-hybridized carbons (Fsp3) is 0.500. The maximum Gasteiger partial charge on any atom is 0.220 e. The Kier molecular flexibility index (Phi) is 4.77. The predicted molar refractivity (Wildman–Crippen MR) is 81.5 cm³/mol. The van der Waals surface area contributed by atoms with Gasteiger partial charge in [0.15, 0.2) is 0 Å². The zero-order valence-corrected chi connectivity index (χ0v) is 12.5. The number of imidazole rings is 1. The summed E-state index contributed by atoms with van der Waals surface area (Å²) in [5.74, 6) is 1.03. The van der Waals surface area contributed by atoms with E-state index < -0.39 is 0 Å². The molecule has 2 rings (SSSR count). The van der Waals surface area contributed by atoms with E-state index in [1.54, 1.807) is 0 Å². The van der Waals surface area contributed by atoms with Gasteiger partial charge in [0.25, 0.3) is 0 Å². The molecule has 1 heterocycles. The summed E-state index contributed by atoms with van der Waals surface area (Å²) in [6, 6.07) is 8.07.